The van der Waals surface area contributed by atoms with Crippen LogP contribution in [0.2, 0.25) is 0 Å². The van der Waals surface area contributed by atoms with Gasteiger partial charge in [-0.1, -0.05) is 19.8 Å². The second-order valence-electron chi connectivity index (χ2n) is 3.54. The first kappa shape index (κ1) is 13.9. The molecular formula is C11H21IN2. The molecule has 0 unspecified atom stereocenters. The Kier molecular flexibility index (Phi) is 8.23. The van der Waals surface area contributed by atoms with Gasteiger partial charge >= 0.3 is 0 Å². The van der Waals surface area contributed by atoms with Gasteiger partial charge in [0.1, 0.15) is 12.4 Å². The Morgan fingerprint density at radius 1 is 1.14 bits per heavy atom. The molecule has 0 atom stereocenters. The molecular weight excluding hydrogens is 287 g/mol. The van der Waals surface area contributed by atoms with Crippen molar-refractivity contribution in [1.29, 1.82) is 0 Å². The molecule has 0 bridgehead atoms. The summed E-state index contributed by atoms with van der Waals surface area (Å²) in [5, 5.41) is 0. The maximum absolute atomic E-state index is 2.28. The Balaban J connectivity index is 0.00000169. The van der Waals surface area contributed by atoms with Crippen molar-refractivity contribution in [2.24, 2.45) is 0 Å². The summed E-state index contributed by atoms with van der Waals surface area (Å²) in [6, 6.07) is 0. The first-order valence-corrected chi connectivity index (χ1v) is 5.41. The Bertz CT molecular complexity index is 233. The molecule has 0 aromatic carbocycles. The van der Waals surface area contributed by atoms with E-state index in [0.29, 0.717) is 0 Å². The minimum Gasteiger partial charge on any atom is -1.00 e. The molecule has 0 aliphatic rings. The highest BCUT2D eigenvalue weighted by atomic mass is 127. The van der Waals surface area contributed by atoms with Crippen molar-refractivity contribution in [2.75, 3.05) is 0 Å². The van der Waals surface area contributed by atoms with Crippen LogP contribution in [0, 0.1) is 0 Å². The molecule has 0 aliphatic heterocycles. The summed E-state index contributed by atoms with van der Waals surface area (Å²) >= 11 is 0. The summed E-state index contributed by atoms with van der Waals surface area (Å²) < 4.78 is 4.49. The Labute approximate surface area is 104 Å². The van der Waals surface area contributed by atoms with E-state index in [2.05, 4.69) is 41.7 Å². The van der Waals surface area contributed by atoms with Crippen LogP contribution in [0.5, 0.6) is 0 Å². The van der Waals surface area contributed by atoms with Crippen LogP contribution in [0.4, 0.5) is 0 Å². The summed E-state index contributed by atoms with van der Waals surface area (Å²) in [5.74, 6) is 0. The lowest BCUT2D eigenvalue weighted by Crippen LogP contribution is -3.00. The molecule has 0 fully saturated rings. The topological polar surface area (TPSA) is 8.81 Å². The standard InChI is InChI=1S/C11H21N2.HI/c1-3-5-6-7-8-13-10-9-12(4-2)11-13;/h9-11H,3-8H2,1-2H3;1H/q+1;/p-1. The number of halogens is 1. The predicted octanol–water partition coefficient (Wildman–Crippen LogP) is -0.620. The van der Waals surface area contributed by atoms with Crippen molar-refractivity contribution in [3.63, 3.8) is 0 Å². The van der Waals surface area contributed by atoms with Gasteiger partial charge in [0.05, 0.1) is 13.1 Å². The smallest absolute Gasteiger partial charge is 0.243 e. The van der Waals surface area contributed by atoms with Gasteiger partial charge in [0, 0.05) is 0 Å². The molecule has 1 aromatic heterocycles. The van der Waals surface area contributed by atoms with Crippen LogP contribution >= 0.6 is 0 Å². The second-order valence-corrected chi connectivity index (χ2v) is 3.54. The number of nitrogens with zero attached hydrogens (tertiary/aromatic N) is 2. The Morgan fingerprint density at radius 3 is 2.50 bits per heavy atom. The zero-order chi connectivity index (χ0) is 9.52. The lowest BCUT2D eigenvalue weighted by molar-refractivity contribution is -0.696. The van der Waals surface area contributed by atoms with Gasteiger partial charge in [-0.3, -0.25) is 0 Å². The van der Waals surface area contributed by atoms with Crippen LogP contribution < -0.4 is 28.5 Å². The molecule has 1 aromatic rings. The van der Waals surface area contributed by atoms with Crippen molar-refractivity contribution in [3.05, 3.63) is 18.7 Å². The van der Waals surface area contributed by atoms with Gasteiger partial charge in [0.2, 0.25) is 6.33 Å². The molecule has 0 spiro atoms. The number of unbranched alkanes of at least 4 members (excludes halogenated alkanes) is 3. The fraction of sp³-hybridized carbons (Fsp3) is 0.727. The third-order valence-corrected chi connectivity index (χ3v) is 2.38. The molecule has 3 heteroatoms. The van der Waals surface area contributed by atoms with E-state index in [-0.39, 0.29) is 24.0 Å². The molecule has 0 radical (unpaired) electrons. The van der Waals surface area contributed by atoms with Crippen LogP contribution in [-0.4, -0.2) is 4.57 Å². The molecule has 1 heterocycles. The number of aromatic nitrogens is 2. The minimum atomic E-state index is 0. The van der Waals surface area contributed by atoms with Gasteiger partial charge in [-0.2, -0.15) is 0 Å². The van der Waals surface area contributed by atoms with Crippen LogP contribution in [-0.2, 0) is 13.1 Å². The summed E-state index contributed by atoms with van der Waals surface area (Å²) in [6.07, 6.45) is 11.9. The molecule has 1 rings (SSSR count). The zero-order valence-electron chi connectivity index (χ0n) is 9.25. The van der Waals surface area contributed by atoms with Gasteiger partial charge in [0.25, 0.3) is 0 Å². The summed E-state index contributed by atoms with van der Waals surface area (Å²) in [4.78, 5) is 0. The van der Waals surface area contributed by atoms with E-state index in [9.17, 15) is 0 Å². The van der Waals surface area contributed by atoms with Gasteiger partial charge in [-0.15, -0.1) is 0 Å². The van der Waals surface area contributed by atoms with Crippen molar-refractivity contribution < 1.29 is 28.5 Å². The van der Waals surface area contributed by atoms with E-state index in [1.807, 2.05) is 0 Å². The van der Waals surface area contributed by atoms with E-state index in [0.717, 1.165) is 6.54 Å². The van der Waals surface area contributed by atoms with E-state index in [1.54, 1.807) is 0 Å². The number of aryl methyl sites for hydroxylation is 2. The maximum Gasteiger partial charge on any atom is 0.243 e. The number of hydrogen-bond donors (Lipinski definition) is 0. The third kappa shape index (κ3) is 4.98. The van der Waals surface area contributed by atoms with Crippen molar-refractivity contribution in [2.45, 2.75) is 52.6 Å². The highest BCUT2D eigenvalue weighted by molar-refractivity contribution is 4.64. The number of imidazole rings is 1. The Morgan fingerprint density at radius 2 is 1.93 bits per heavy atom. The third-order valence-electron chi connectivity index (χ3n) is 2.38. The number of rotatable bonds is 6. The van der Waals surface area contributed by atoms with Gasteiger partial charge < -0.3 is 24.0 Å². The predicted molar refractivity (Wildman–Crippen MR) is 54.4 cm³/mol. The average Bonchev–Trinajstić information content (AvgIpc) is 2.60. The SMILES string of the molecule is CCCCCC[n+]1ccn(CC)c1.[I-]. The van der Waals surface area contributed by atoms with Crippen LogP contribution in [0.3, 0.4) is 0 Å². The summed E-state index contributed by atoms with van der Waals surface area (Å²) in [7, 11) is 0. The minimum absolute atomic E-state index is 0. The molecule has 0 amide bonds. The van der Waals surface area contributed by atoms with E-state index in [4.69, 9.17) is 0 Å². The summed E-state index contributed by atoms with van der Waals surface area (Å²) in [6.45, 7) is 6.66. The number of hydrogen-bond acceptors (Lipinski definition) is 0. The lowest BCUT2D eigenvalue weighted by Gasteiger charge is -1.95. The zero-order valence-corrected chi connectivity index (χ0v) is 11.4. The van der Waals surface area contributed by atoms with E-state index < -0.39 is 0 Å². The van der Waals surface area contributed by atoms with Crippen molar-refractivity contribution in [3.8, 4) is 0 Å². The van der Waals surface area contributed by atoms with Gasteiger partial charge in [-0.25, -0.2) is 9.13 Å². The van der Waals surface area contributed by atoms with Crippen molar-refractivity contribution in [1.82, 2.24) is 4.57 Å². The molecule has 2 nitrogen and oxygen atoms in total. The van der Waals surface area contributed by atoms with Crippen molar-refractivity contribution >= 4 is 0 Å². The molecule has 0 aliphatic carbocycles. The quantitative estimate of drug-likeness (QED) is 0.376. The second kappa shape index (κ2) is 8.26. The fourth-order valence-corrected chi connectivity index (χ4v) is 1.48. The molecule has 0 saturated carbocycles. The molecule has 0 saturated heterocycles. The van der Waals surface area contributed by atoms with Gasteiger partial charge in [-0.05, 0) is 19.8 Å². The Hall–Kier alpha value is -0.0600. The molecule has 82 valence electrons. The fourth-order valence-electron chi connectivity index (χ4n) is 1.48. The highest BCUT2D eigenvalue weighted by Crippen LogP contribution is 1.98. The van der Waals surface area contributed by atoms with Crippen LogP contribution in [0.1, 0.15) is 39.5 Å². The van der Waals surface area contributed by atoms with Crippen LogP contribution in [0.25, 0.3) is 0 Å². The van der Waals surface area contributed by atoms with E-state index in [1.165, 1.54) is 32.2 Å². The largest absolute Gasteiger partial charge is 1.00 e. The average molecular weight is 308 g/mol. The summed E-state index contributed by atoms with van der Waals surface area (Å²) in [5.41, 5.74) is 0. The van der Waals surface area contributed by atoms with Crippen LogP contribution in [0.15, 0.2) is 18.7 Å². The van der Waals surface area contributed by atoms with E-state index >= 15 is 0 Å². The first-order valence-electron chi connectivity index (χ1n) is 5.41. The maximum atomic E-state index is 2.28. The monoisotopic (exact) mass is 308 g/mol. The highest BCUT2D eigenvalue weighted by Gasteiger charge is 2.00. The molecule has 14 heavy (non-hydrogen) atoms. The molecule has 0 N–H and O–H groups in total. The normalized spacial score (nSPS) is 9.86. The first-order chi connectivity index (χ1) is 6.36. The van der Waals surface area contributed by atoms with Gasteiger partial charge in [0.15, 0.2) is 0 Å². The lowest BCUT2D eigenvalue weighted by atomic mass is 10.2.